The molecule has 1 rings (SSSR count). The molecule has 0 spiro atoms. The maximum Gasteiger partial charge on any atom is 0.154 e. The van der Waals surface area contributed by atoms with E-state index in [1.54, 1.807) is 0 Å². The van der Waals surface area contributed by atoms with Crippen molar-refractivity contribution in [3.8, 4) is 6.07 Å². The Balaban J connectivity index is 2.30. The summed E-state index contributed by atoms with van der Waals surface area (Å²) in [6.45, 7) is 5.51. The van der Waals surface area contributed by atoms with Crippen LogP contribution in [0.5, 0.6) is 0 Å². The lowest BCUT2D eigenvalue weighted by atomic mass is 9.88. The fraction of sp³-hybridized carbons (Fsp3) is 0.917. The summed E-state index contributed by atoms with van der Waals surface area (Å²) in [6.07, 6.45) is 2.98. The van der Waals surface area contributed by atoms with Crippen LogP contribution >= 0.6 is 0 Å². The van der Waals surface area contributed by atoms with Crippen LogP contribution in [-0.2, 0) is 9.84 Å². The number of nitriles is 1. The molecule has 1 N–H and O–H groups in total. The number of nitrogens with zero attached hydrogens (tertiary/aromatic N) is 1. The van der Waals surface area contributed by atoms with E-state index in [-0.39, 0.29) is 10.7 Å². The quantitative estimate of drug-likeness (QED) is 0.783. The van der Waals surface area contributed by atoms with Crippen LogP contribution in [0.4, 0.5) is 0 Å². The van der Waals surface area contributed by atoms with Gasteiger partial charge in [-0.3, -0.25) is 0 Å². The molecule has 4 nitrogen and oxygen atoms in total. The largest absolute Gasteiger partial charge is 0.315 e. The minimum Gasteiger partial charge on any atom is -0.315 e. The summed E-state index contributed by atoms with van der Waals surface area (Å²) in [4.78, 5) is 0. The molecule has 98 valence electrons. The first-order chi connectivity index (χ1) is 7.87. The Morgan fingerprint density at radius 3 is 2.71 bits per heavy atom. The van der Waals surface area contributed by atoms with Crippen molar-refractivity contribution in [3.63, 3.8) is 0 Å². The average molecular weight is 258 g/mol. The van der Waals surface area contributed by atoms with Gasteiger partial charge in [0.15, 0.2) is 9.84 Å². The molecule has 1 heterocycles. The Kier molecular flexibility index (Phi) is 4.96. The molecule has 0 aromatic rings. The van der Waals surface area contributed by atoms with Gasteiger partial charge in [0.25, 0.3) is 0 Å². The highest BCUT2D eigenvalue weighted by molar-refractivity contribution is 7.92. The molecule has 1 fully saturated rings. The molecule has 0 bridgehead atoms. The number of hydrogen-bond donors (Lipinski definition) is 1. The second-order valence-electron chi connectivity index (χ2n) is 5.58. The predicted octanol–water partition coefficient (Wildman–Crippen LogP) is 1.48. The molecule has 0 aromatic heterocycles. The van der Waals surface area contributed by atoms with Crippen LogP contribution in [-0.4, -0.2) is 32.5 Å². The van der Waals surface area contributed by atoms with Gasteiger partial charge in [0, 0.05) is 19.5 Å². The Labute approximate surface area is 104 Å². The third kappa shape index (κ3) is 4.64. The zero-order valence-corrected chi connectivity index (χ0v) is 11.5. The van der Waals surface area contributed by atoms with E-state index in [1.165, 1.54) is 0 Å². The van der Waals surface area contributed by atoms with E-state index >= 15 is 0 Å². The van der Waals surface area contributed by atoms with Crippen molar-refractivity contribution in [2.75, 3.05) is 18.8 Å². The van der Waals surface area contributed by atoms with Crippen molar-refractivity contribution in [2.24, 2.45) is 5.41 Å². The fourth-order valence-electron chi connectivity index (χ4n) is 2.14. The van der Waals surface area contributed by atoms with Crippen molar-refractivity contribution in [2.45, 2.75) is 44.8 Å². The molecule has 5 heteroatoms. The van der Waals surface area contributed by atoms with Crippen LogP contribution in [0.15, 0.2) is 0 Å². The van der Waals surface area contributed by atoms with E-state index in [1.807, 2.05) is 0 Å². The molecule has 1 saturated heterocycles. The van der Waals surface area contributed by atoms with E-state index < -0.39 is 9.84 Å². The van der Waals surface area contributed by atoms with Gasteiger partial charge < -0.3 is 5.32 Å². The molecule has 1 atom stereocenters. The minimum absolute atomic E-state index is 0.0537. The summed E-state index contributed by atoms with van der Waals surface area (Å²) in [7, 11) is -2.84. The summed E-state index contributed by atoms with van der Waals surface area (Å²) in [5, 5.41) is 11.6. The van der Waals surface area contributed by atoms with Crippen molar-refractivity contribution in [1.82, 2.24) is 5.32 Å². The van der Waals surface area contributed by atoms with Crippen LogP contribution in [0, 0.1) is 16.7 Å². The summed E-state index contributed by atoms with van der Waals surface area (Å²) in [5.74, 6) is 0.344. The minimum atomic E-state index is -2.84. The Hall–Kier alpha value is -0.600. The molecular formula is C12H22N2O2S. The summed E-state index contributed by atoms with van der Waals surface area (Å²) in [5.41, 5.74) is 0.0537. The zero-order chi connectivity index (χ0) is 12.9. The lowest BCUT2D eigenvalue weighted by Gasteiger charge is -2.24. The van der Waals surface area contributed by atoms with Crippen molar-refractivity contribution < 1.29 is 8.42 Å². The molecule has 1 aliphatic rings. The van der Waals surface area contributed by atoms with Gasteiger partial charge in [0.05, 0.1) is 17.1 Å². The van der Waals surface area contributed by atoms with Gasteiger partial charge in [-0.2, -0.15) is 5.26 Å². The number of sulfone groups is 1. The van der Waals surface area contributed by atoms with Crippen molar-refractivity contribution >= 4 is 9.84 Å². The normalized spacial score (nSPS) is 23.5. The molecule has 17 heavy (non-hydrogen) atoms. The maximum absolute atomic E-state index is 11.6. The van der Waals surface area contributed by atoms with Crippen LogP contribution in [0.1, 0.15) is 39.5 Å². The SMILES string of the molecule is CC(C)(CCC#N)CNCC1CCCS1(=O)=O. The highest BCUT2D eigenvalue weighted by Crippen LogP contribution is 2.22. The first-order valence-corrected chi connectivity index (χ1v) is 7.88. The predicted molar refractivity (Wildman–Crippen MR) is 68.3 cm³/mol. The smallest absolute Gasteiger partial charge is 0.154 e. The second kappa shape index (κ2) is 5.83. The monoisotopic (exact) mass is 258 g/mol. The molecule has 1 unspecified atom stereocenters. The van der Waals surface area contributed by atoms with Gasteiger partial charge in [-0.15, -0.1) is 0 Å². The van der Waals surface area contributed by atoms with Gasteiger partial charge in [-0.1, -0.05) is 13.8 Å². The van der Waals surface area contributed by atoms with Crippen molar-refractivity contribution in [1.29, 1.82) is 5.26 Å². The number of hydrogen-bond acceptors (Lipinski definition) is 4. The van der Waals surface area contributed by atoms with Gasteiger partial charge >= 0.3 is 0 Å². The average Bonchev–Trinajstić information content (AvgIpc) is 2.55. The maximum atomic E-state index is 11.6. The second-order valence-corrected chi connectivity index (χ2v) is 7.99. The van der Waals surface area contributed by atoms with Gasteiger partial charge in [-0.25, -0.2) is 8.42 Å². The van der Waals surface area contributed by atoms with Crippen LogP contribution in [0.3, 0.4) is 0 Å². The van der Waals surface area contributed by atoms with Crippen molar-refractivity contribution in [3.05, 3.63) is 0 Å². The summed E-state index contributed by atoms with van der Waals surface area (Å²) in [6, 6.07) is 2.14. The first kappa shape index (κ1) is 14.5. The number of rotatable bonds is 6. The lowest BCUT2D eigenvalue weighted by molar-refractivity contribution is 0.318. The van der Waals surface area contributed by atoms with E-state index in [0.717, 1.165) is 25.8 Å². The Morgan fingerprint density at radius 1 is 1.47 bits per heavy atom. The summed E-state index contributed by atoms with van der Waals surface area (Å²) >= 11 is 0. The Bertz CT molecular complexity index is 382. The van der Waals surface area contributed by atoms with E-state index in [0.29, 0.717) is 18.7 Å². The molecule has 0 amide bonds. The van der Waals surface area contributed by atoms with Crippen LogP contribution in [0.2, 0.25) is 0 Å². The standard InChI is InChI=1S/C12H22N2O2S/c1-12(2,6-4-7-13)10-14-9-11-5-3-8-17(11,15)16/h11,14H,3-6,8-10H2,1-2H3. The summed E-state index contributed by atoms with van der Waals surface area (Å²) < 4.78 is 23.2. The highest BCUT2D eigenvalue weighted by atomic mass is 32.2. The van der Waals surface area contributed by atoms with Crippen LogP contribution < -0.4 is 5.32 Å². The van der Waals surface area contributed by atoms with E-state index in [4.69, 9.17) is 5.26 Å². The third-order valence-electron chi connectivity index (χ3n) is 3.35. The first-order valence-electron chi connectivity index (χ1n) is 6.17. The molecular weight excluding hydrogens is 236 g/mol. The zero-order valence-electron chi connectivity index (χ0n) is 10.7. The van der Waals surface area contributed by atoms with Gasteiger partial charge in [0.2, 0.25) is 0 Å². The lowest BCUT2D eigenvalue weighted by Crippen LogP contribution is -2.36. The third-order valence-corrected chi connectivity index (χ3v) is 5.63. The number of nitrogens with one attached hydrogen (secondary N) is 1. The topological polar surface area (TPSA) is 70.0 Å². The van der Waals surface area contributed by atoms with Crippen LogP contribution in [0.25, 0.3) is 0 Å². The molecule has 1 aliphatic heterocycles. The molecule has 0 aliphatic carbocycles. The molecule has 0 radical (unpaired) electrons. The fourth-order valence-corrected chi connectivity index (χ4v) is 3.94. The van der Waals surface area contributed by atoms with E-state index in [9.17, 15) is 8.42 Å². The molecule has 0 aromatic carbocycles. The highest BCUT2D eigenvalue weighted by Gasteiger charge is 2.31. The van der Waals surface area contributed by atoms with Gasteiger partial charge in [-0.05, 0) is 24.7 Å². The van der Waals surface area contributed by atoms with E-state index in [2.05, 4.69) is 25.2 Å². The van der Waals surface area contributed by atoms with Gasteiger partial charge in [0.1, 0.15) is 0 Å². The molecule has 0 saturated carbocycles. The Morgan fingerprint density at radius 2 is 2.18 bits per heavy atom.